The van der Waals surface area contributed by atoms with Crippen LogP contribution in [0.2, 0.25) is 0 Å². The van der Waals surface area contributed by atoms with Crippen LogP contribution in [0.1, 0.15) is 0 Å². The number of nitrogens with two attached hydrogens (primary N) is 1. The van der Waals surface area contributed by atoms with Crippen molar-refractivity contribution in [3.63, 3.8) is 0 Å². The van der Waals surface area contributed by atoms with Gasteiger partial charge in [0, 0.05) is 28.5 Å². The molecule has 22 heavy (non-hydrogen) atoms. The lowest BCUT2D eigenvalue weighted by molar-refractivity contribution is -0.671. The molecule has 2 aliphatic rings. The molecule has 0 aliphatic carbocycles. The first-order valence-corrected chi connectivity index (χ1v) is 8.74. The van der Waals surface area contributed by atoms with Crippen LogP contribution >= 0.6 is 23.5 Å². The monoisotopic (exact) mass is 337 g/mol. The third-order valence-corrected chi connectivity index (χ3v) is 6.10. The van der Waals surface area contributed by atoms with E-state index in [9.17, 15) is 14.7 Å². The second kappa shape index (κ2) is 5.94. The zero-order chi connectivity index (χ0) is 15.9. The van der Waals surface area contributed by atoms with Crippen molar-refractivity contribution in [2.24, 2.45) is 12.8 Å². The van der Waals surface area contributed by atoms with Crippen LogP contribution in [0, 0.1) is 0 Å². The van der Waals surface area contributed by atoms with E-state index in [0.717, 1.165) is 4.90 Å². The highest BCUT2D eigenvalue weighted by Crippen LogP contribution is 2.40. The molecule has 2 atom stereocenters. The Bertz CT molecular complexity index is 660. The highest BCUT2D eigenvalue weighted by Gasteiger charge is 2.50. The van der Waals surface area contributed by atoms with E-state index in [2.05, 4.69) is 0 Å². The number of aliphatic carboxylic acids is 1. The van der Waals surface area contributed by atoms with Crippen molar-refractivity contribution >= 4 is 35.4 Å². The van der Waals surface area contributed by atoms with E-state index in [4.69, 9.17) is 5.73 Å². The second-order valence-corrected chi connectivity index (χ2v) is 7.32. The Morgan fingerprint density at radius 3 is 2.86 bits per heavy atom. The number of aryl methyl sites for hydroxylation is 1. The van der Waals surface area contributed by atoms with Crippen molar-refractivity contribution in [1.29, 1.82) is 0 Å². The normalized spacial score (nSPS) is 24.1. The predicted molar refractivity (Wildman–Crippen MR) is 81.4 cm³/mol. The highest BCUT2D eigenvalue weighted by molar-refractivity contribution is 8.01. The zero-order valence-electron chi connectivity index (χ0n) is 11.9. The van der Waals surface area contributed by atoms with Crippen molar-refractivity contribution in [1.82, 2.24) is 4.90 Å². The fourth-order valence-electron chi connectivity index (χ4n) is 2.43. The van der Waals surface area contributed by atoms with Gasteiger partial charge in [0.05, 0.1) is 11.7 Å². The number of carboxylic acids is 1. The molecule has 1 aromatic rings. The summed E-state index contributed by atoms with van der Waals surface area (Å²) in [5.41, 5.74) is 6.42. The smallest absolute Gasteiger partial charge is 0.248 e. The van der Waals surface area contributed by atoms with Gasteiger partial charge in [-0.2, -0.15) is 0 Å². The van der Waals surface area contributed by atoms with Gasteiger partial charge in [-0.1, -0.05) is 0 Å². The van der Waals surface area contributed by atoms with Gasteiger partial charge < -0.3 is 15.6 Å². The molecule has 2 N–H and O–H groups in total. The number of hydrogen-bond donors (Lipinski definition) is 1. The van der Waals surface area contributed by atoms with Crippen LogP contribution in [0.3, 0.4) is 0 Å². The average molecular weight is 337 g/mol. The first-order chi connectivity index (χ1) is 10.5. The number of thioether (sulfide) groups is 2. The standard InChI is InChI=1S/C14H15N3O3S2/c1-16-4-2-9(3-5-16)21-6-8-7-22-13-10(15)12(18)17(13)11(8)14(19)20/h2-5,10,13H,6-7,15H2,1H3/t10?,13-/m1/s1. The van der Waals surface area contributed by atoms with Crippen LogP contribution in [0.25, 0.3) is 0 Å². The molecule has 8 heteroatoms. The summed E-state index contributed by atoms with van der Waals surface area (Å²) in [5.74, 6) is -0.583. The van der Waals surface area contributed by atoms with Crippen molar-refractivity contribution in [2.45, 2.75) is 16.3 Å². The summed E-state index contributed by atoms with van der Waals surface area (Å²) in [7, 11) is 1.93. The fraction of sp³-hybridized carbons (Fsp3) is 0.357. The molecule has 6 nitrogen and oxygen atoms in total. The summed E-state index contributed by atoms with van der Waals surface area (Å²) in [6, 6.07) is 3.32. The Hall–Kier alpha value is -1.51. The Morgan fingerprint density at radius 1 is 1.55 bits per heavy atom. The summed E-state index contributed by atoms with van der Waals surface area (Å²) in [5, 5.41) is 11.2. The lowest BCUT2D eigenvalue weighted by Crippen LogP contribution is -2.69. The van der Waals surface area contributed by atoms with Gasteiger partial charge in [0.1, 0.15) is 18.5 Å². The molecule has 1 aromatic heterocycles. The van der Waals surface area contributed by atoms with Crippen molar-refractivity contribution in [2.75, 3.05) is 11.5 Å². The van der Waals surface area contributed by atoms with E-state index >= 15 is 0 Å². The minimum Gasteiger partial charge on any atom is -0.543 e. The van der Waals surface area contributed by atoms with Crippen molar-refractivity contribution in [3.05, 3.63) is 35.8 Å². The van der Waals surface area contributed by atoms with Crippen molar-refractivity contribution in [3.8, 4) is 0 Å². The largest absolute Gasteiger partial charge is 0.543 e. The first kappa shape index (κ1) is 15.4. The lowest BCUT2D eigenvalue weighted by atomic mass is 10.0. The Morgan fingerprint density at radius 2 is 2.23 bits per heavy atom. The van der Waals surface area contributed by atoms with E-state index < -0.39 is 12.0 Å². The number of rotatable bonds is 4. The number of carbonyl (C=O) groups is 2. The van der Waals surface area contributed by atoms with Gasteiger partial charge in [0.25, 0.3) is 0 Å². The van der Waals surface area contributed by atoms with Crippen LogP contribution in [0.4, 0.5) is 0 Å². The molecule has 0 radical (unpaired) electrons. The number of fused-ring (bicyclic) bond motifs is 1. The molecular formula is C14H15N3O3S2. The summed E-state index contributed by atoms with van der Waals surface area (Å²) < 4.78 is 1.93. The average Bonchev–Trinajstić information content (AvgIpc) is 2.52. The maximum absolute atomic E-state index is 11.8. The number of aromatic nitrogens is 1. The first-order valence-electron chi connectivity index (χ1n) is 6.71. The van der Waals surface area contributed by atoms with Gasteiger partial charge in [0.15, 0.2) is 12.4 Å². The fourth-order valence-corrected chi connectivity index (χ4v) is 4.75. The molecule has 1 fully saturated rings. The zero-order valence-corrected chi connectivity index (χ0v) is 13.5. The number of amides is 1. The minimum absolute atomic E-state index is 0.00411. The summed E-state index contributed by atoms with van der Waals surface area (Å²) in [6.07, 6.45) is 3.86. The molecule has 1 amide bonds. The Kier molecular flexibility index (Phi) is 4.16. The van der Waals surface area contributed by atoms with E-state index in [1.165, 1.54) is 16.7 Å². The van der Waals surface area contributed by atoms with Crippen LogP contribution in [0.5, 0.6) is 0 Å². The Balaban J connectivity index is 1.79. The third kappa shape index (κ3) is 2.62. The van der Waals surface area contributed by atoms with Crippen molar-refractivity contribution < 1.29 is 19.3 Å². The minimum atomic E-state index is -1.30. The van der Waals surface area contributed by atoms with Crippen LogP contribution in [0.15, 0.2) is 40.7 Å². The van der Waals surface area contributed by atoms with Gasteiger partial charge in [-0.25, -0.2) is 4.57 Å². The summed E-state index contributed by atoms with van der Waals surface area (Å²) in [6.45, 7) is 0. The summed E-state index contributed by atoms with van der Waals surface area (Å²) >= 11 is 3.05. The molecule has 1 saturated heterocycles. The van der Waals surface area contributed by atoms with E-state index in [1.807, 2.05) is 36.1 Å². The molecule has 0 saturated carbocycles. The Labute approximate surface area is 136 Å². The SMILES string of the molecule is C[n+]1ccc(SCC2=C(C(=O)[O-])N3C(=O)C(N)[C@H]3SC2)cc1. The van der Waals surface area contributed by atoms with E-state index in [1.54, 1.807) is 11.8 Å². The third-order valence-electron chi connectivity index (χ3n) is 3.64. The van der Waals surface area contributed by atoms with Gasteiger partial charge in [-0.05, 0) is 5.57 Å². The van der Waals surface area contributed by atoms with Gasteiger partial charge in [-0.15, -0.1) is 23.5 Å². The number of carbonyl (C=O) groups excluding carboxylic acids is 2. The second-order valence-electron chi connectivity index (χ2n) is 5.16. The molecule has 0 spiro atoms. The molecule has 3 rings (SSSR count). The van der Waals surface area contributed by atoms with Gasteiger partial charge >= 0.3 is 0 Å². The lowest BCUT2D eigenvalue weighted by Gasteiger charge is -2.49. The molecule has 116 valence electrons. The molecule has 1 unspecified atom stereocenters. The van der Waals surface area contributed by atoms with Gasteiger partial charge in [0.2, 0.25) is 5.91 Å². The van der Waals surface area contributed by atoms with Gasteiger partial charge in [-0.3, -0.25) is 9.69 Å². The molecule has 2 aliphatic heterocycles. The van der Waals surface area contributed by atoms with Crippen LogP contribution in [-0.2, 0) is 16.6 Å². The quantitative estimate of drug-likeness (QED) is 0.424. The number of nitrogens with zero attached hydrogens (tertiary/aromatic N) is 2. The number of pyridine rings is 1. The number of β-lactam (4-membered cyclic amide) rings is 1. The maximum Gasteiger partial charge on any atom is 0.248 e. The maximum atomic E-state index is 11.8. The molecule has 0 aromatic carbocycles. The van der Waals surface area contributed by atoms with Crippen LogP contribution in [-0.4, -0.2) is 39.7 Å². The highest BCUT2D eigenvalue weighted by atomic mass is 32.2. The summed E-state index contributed by atoms with van der Waals surface area (Å²) in [4.78, 5) is 25.6. The molecule has 3 heterocycles. The molecular weight excluding hydrogens is 322 g/mol. The predicted octanol–water partition coefficient (Wildman–Crippen LogP) is -1.15. The van der Waals surface area contributed by atoms with E-state index in [-0.39, 0.29) is 17.0 Å². The number of carboxylic acid groups (broad SMARTS) is 1. The number of hydrogen-bond acceptors (Lipinski definition) is 6. The molecule has 0 bridgehead atoms. The topological polar surface area (TPSA) is 90.3 Å². The van der Waals surface area contributed by atoms with Crippen LogP contribution < -0.4 is 15.4 Å². The van der Waals surface area contributed by atoms with E-state index in [0.29, 0.717) is 17.1 Å².